The third-order valence-electron chi connectivity index (χ3n) is 6.52. The highest BCUT2D eigenvalue weighted by molar-refractivity contribution is 5.81. The summed E-state index contributed by atoms with van der Waals surface area (Å²) < 4.78 is 12.2. The molecule has 2 aliphatic carbocycles. The minimum Gasteiger partial charge on any atom is -0.497 e. The molecular formula is C27H29N3O5. The summed E-state index contributed by atoms with van der Waals surface area (Å²) in [5.74, 6) is 0.692. The third kappa shape index (κ3) is 5.37. The van der Waals surface area contributed by atoms with Crippen molar-refractivity contribution in [1.29, 1.82) is 0 Å². The van der Waals surface area contributed by atoms with E-state index in [2.05, 4.69) is 4.98 Å². The van der Waals surface area contributed by atoms with E-state index in [-0.39, 0.29) is 36.6 Å². The van der Waals surface area contributed by atoms with Crippen LogP contribution in [-0.2, 0) is 27.3 Å². The van der Waals surface area contributed by atoms with E-state index in [9.17, 15) is 14.4 Å². The fourth-order valence-electron chi connectivity index (χ4n) is 4.32. The second-order valence-corrected chi connectivity index (χ2v) is 9.21. The van der Waals surface area contributed by atoms with E-state index >= 15 is 0 Å². The molecule has 0 bridgehead atoms. The molecule has 5 rings (SSSR count). The first-order chi connectivity index (χ1) is 17.0. The number of benzene rings is 2. The lowest BCUT2D eigenvalue weighted by Crippen LogP contribution is -2.36. The van der Waals surface area contributed by atoms with Crippen molar-refractivity contribution in [3.05, 3.63) is 70.3 Å². The van der Waals surface area contributed by atoms with Crippen molar-refractivity contribution in [3.8, 4) is 5.75 Å². The average molecular weight is 476 g/mol. The fraction of sp³-hybridized carbons (Fsp3) is 0.407. The molecule has 0 atom stereocenters. The van der Waals surface area contributed by atoms with Gasteiger partial charge < -0.3 is 14.4 Å². The number of aryl methyl sites for hydroxylation is 1. The Morgan fingerprint density at radius 3 is 2.49 bits per heavy atom. The van der Waals surface area contributed by atoms with E-state index in [1.54, 1.807) is 22.6 Å². The van der Waals surface area contributed by atoms with Gasteiger partial charge in [0.15, 0.2) is 6.61 Å². The Kier molecular flexibility index (Phi) is 6.53. The predicted molar refractivity (Wildman–Crippen MR) is 130 cm³/mol. The number of rotatable bonds is 10. The van der Waals surface area contributed by atoms with Crippen LogP contribution in [0, 0.1) is 0 Å². The van der Waals surface area contributed by atoms with Crippen LogP contribution in [0.2, 0.25) is 0 Å². The number of amides is 1. The zero-order valence-corrected chi connectivity index (χ0v) is 19.8. The number of carbonyl (C=O) groups excluding carboxylic acids is 2. The molecule has 0 spiro atoms. The van der Waals surface area contributed by atoms with Crippen molar-refractivity contribution in [1.82, 2.24) is 14.5 Å². The van der Waals surface area contributed by atoms with E-state index in [1.165, 1.54) is 0 Å². The van der Waals surface area contributed by atoms with E-state index in [4.69, 9.17) is 9.47 Å². The smallest absolute Gasteiger partial charge is 0.306 e. The quantitative estimate of drug-likeness (QED) is 0.418. The Hall–Kier alpha value is -3.68. The van der Waals surface area contributed by atoms with Crippen LogP contribution in [0.15, 0.2) is 53.3 Å². The van der Waals surface area contributed by atoms with Crippen molar-refractivity contribution in [2.75, 3.05) is 13.7 Å². The Bertz CT molecular complexity index is 1290. The Morgan fingerprint density at radius 2 is 1.80 bits per heavy atom. The van der Waals surface area contributed by atoms with Crippen LogP contribution < -0.4 is 10.3 Å². The second-order valence-electron chi connectivity index (χ2n) is 9.21. The summed E-state index contributed by atoms with van der Waals surface area (Å²) in [6.07, 6.45) is 4.16. The number of methoxy groups -OCH3 is 1. The molecule has 2 aromatic carbocycles. The number of para-hydroxylation sites is 1. The summed E-state index contributed by atoms with van der Waals surface area (Å²) >= 11 is 0. The Morgan fingerprint density at radius 1 is 1.06 bits per heavy atom. The molecule has 2 fully saturated rings. The molecule has 2 aliphatic rings. The van der Waals surface area contributed by atoms with E-state index in [1.807, 2.05) is 42.5 Å². The molecule has 0 saturated heterocycles. The number of nitrogens with zero attached hydrogens (tertiary/aromatic N) is 3. The molecule has 2 saturated carbocycles. The molecule has 0 unspecified atom stereocenters. The number of hydrogen-bond acceptors (Lipinski definition) is 6. The lowest BCUT2D eigenvalue weighted by molar-refractivity contribution is -0.152. The molecule has 35 heavy (non-hydrogen) atoms. The molecule has 8 nitrogen and oxygen atoms in total. The molecule has 8 heteroatoms. The average Bonchev–Trinajstić information content (AvgIpc) is 3.79. The van der Waals surface area contributed by atoms with Gasteiger partial charge in [0, 0.05) is 25.0 Å². The third-order valence-corrected chi connectivity index (χ3v) is 6.52. The largest absolute Gasteiger partial charge is 0.497 e. The number of carbonyl (C=O) groups is 2. The Balaban J connectivity index is 1.19. The van der Waals surface area contributed by atoms with Gasteiger partial charge in [0.2, 0.25) is 0 Å². The maximum atomic E-state index is 13.0. The Labute approximate surface area is 203 Å². The highest BCUT2D eigenvalue weighted by atomic mass is 16.5. The summed E-state index contributed by atoms with van der Waals surface area (Å²) in [5.41, 5.74) is 1.57. The highest BCUT2D eigenvalue weighted by Gasteiger charge is 2.33. The zero-order valence-electron chi connectivity index (χ0n) is 19.8. The first-order valence-electron chi connectivity index (χ1n) is 12.1. The number of fused-ring (bicyclic) bond motifs is 1. The summed E-state index contributed by atoms with van der Waals surface area (Å²) in [5, 5.41) is 0.591. The minimum atomic E-state index is -0.469. The molecule has 182 valence electrons. The van der Waals surface area contributed by atoms with Crippen LogP contribution in [0.25, 0.3) is 10.9 Å². The number of esters is 1. The van der Waals surface area contributed by atoms with E-state index < -0.39 is 5.97 Å². The summed E-state index contributed by atoms with van der Waals surface area (Å²) in [6.45, 7) is 0.186. The van der Waals surface area contributed by atoms with Crippen molar-refractivity contribution in [3.63, 3.8) is 0 Å². The zero-order chi connectivity index (χ0) is 24.4. The maximum Gasteiger partial charge on any atom is 0.306 e. The van der Waals surface area contributed by atoms with Gasteiger partial charge in [-0.2, -0.15) is 0 Å². The normalized spacial score (nSPS) is 15.1. The summed E-state index contributed by atoms with van der Waals surface area (Å²) in [4.78, 5) is 44.7. The monoisotopic (exact) mass is 475 g/mol. The second kappa shape index (κ2) is 9.90. The van der Waals surface area contributed by atoms with Crippen LogP contribution in [-0.4, -0.2) is 46.1 Å². The predicted octanol–water partition coefficient (Wildman–Crippen LogP) is 3.41. The molecule has 1 amide bonds. The number of hydrogen-bond donors (Lipinski definition) is 0. The minimum absolute atomic E-state index is 0.0600. The van der Waals surface area contributed by atoms with Crippen LogP contribution in [0.5, 0.6) is 5.75 Å². The van der Waals surface area contributed by atoms with Crippen molar-refractivity contribution >= 4 is 22.8 Å². The van der Waals surface area contributed by atoms with Gasteiger partial charge >= 0.3 is 5.97 Å². The SMILES string of the molecule is COc1ccc(CN(C(=O)COC(=O)CCc2nc3ccccc3c(=O)n2C2CC2)C2CC2)cc1. The molecule has 0 N–H and O–H groups in total. The molecule has 0 aliphatic heterocycles. The van der Waals surface area contributed by atoms with Gasteiger partial charge in [-0.1, -0.05) is 24.3 Å². The van der Waals surface area contributed by atoms with Crippen molar-refractivity contribution < 1.29 is 19.1 Å². The van der Waals surface area contributed by atoms with Gasteiger partial charge in [0.25, 0.3) is 11.5 Å². The fourth-order valence-corrected chi connectivity index (χ4v) is 4.32. The van der Waals surface area contributed by atoms with Gasteiger partial charge in [-0.25, -0.2) is 4.98 Å². The lowest BCUT2D eigenvalue weighted by atomic mass is 10.2. The standard InChI is InChI=1S/C27H29N3O5/c1-34-21-12-6-18(7-13-21)16-29(19-8-9-19)25(31)17-35-26(32)15-14-24-28-23-5-3-2-4-22(23)27(33)30(24)20-10-11-20/h2-7,12-13,19-20H,8-11,14-17H2,1H3. The van der Waals surface area contributed by atoms with Crippen molar-refractivity contribution in [2.24, 2.45) is 0 Å². The van der Waals surface area contributed by atoms with Crippen LogP contribution in [0.4, 0.5) is 0 Å². The van der Waals surface area contributed by atoms with Gasteiger partial charge in [-0.15, -0.1) is 0 Å². The van der Waals surface area contributed by atoms with Crippen LogP contribution >= 0.6 is 0 Å². The van der Waals surface area contributed by atoms with E-state index in [0.717, 1.165) is 37.0 Å². The maximum absolute atomic E-state index is 13.0. The number of aromatic nitrogens is 2. The first kappa shape index (κ1) is 23.1. The first-order valence-corrected chi connectivity index (χ1v) is 12.1. The van der Waals surface area contributed by atoms with Crippen LogP contribution in [0.1, 0.15) is 49.5 Å². The topological polar surface area (TPSA) is 90.7 Å². The van der Waals surface area contributed by atoms with Gasteiger partial charge in [0.1, 0.15) is 11.6 Å². The molecular weight excluding hydrogens is 446 g/mol. The molecule has 1 heterocycles. The highest BCUT2D eigenvalue weighted by Crippen LogP contribution is 2.35. The van der Waals surface area contributed by atoms with E-state index in [0.29, 0.717) is 29.7 Å². The van der Waals surface area contributed by atoms with Gasteiger partial charge in [-0.05, 0) is 55.5 Å². The summed E-state index contributed by atoms with van der Waals surface area (Å²) in [7, 11) is 1.62. The van der Waals surface area contributed by atoms with Gasteiger partial charge in [-0.3, -0.25) is 19.0 Å². The van der Waals surface area contributed by atoms with Crippen LogP contribution in [0.3, 0.4) is 0 Å². The molecule has 0 radical (unpaired) electrons. The lowest BCUT2D eigenvalue weighted by Gasteiger charge is -2.22. The summed E-state index contributed by atoms with van der Waals surface area (Å²) in [6, 6.07) is 15.2. The molecule has 1 aromatic heterocycles. The van der Waals surface area contributed by atoms with Crippen molar-refractivity contribution in [2.45, 2.75) is 57.2 Å². The number of ether oxygens (including phenoxy) is 2. The van der Waals surface area contributed by atoms with Gasteiger partial charge in [0.05, 0.1) is 24.4 Å². The molecule has 3 aromatic rings.